The molecule has 2 N–H and O–H groups in total. The molecular weight excluding hydrogens is 360 g/mol. The van der Waals surface area contributed by atoms with E-state index in [0.29, 0.717) is 11.6 Å². The zero-order valence-corrected chi connectivity index (χ0v) is 16.9. The van der Waals surface area contributed by atoms with Crippen LogP contribution in [0.25, 0.3) is 0 Å². The highest BCUT2D eigenvalue weighted by molar-refractivity contribution is 6.31. The van der Waals surface area contributed by atoms with Crippen LogP contribution in [0.5, 0.6) is 5.75 Å². The number of hydrogen-bond acceptors (Lipinski definition) is 3. The van der Waals surface area contributed by atoms with Crippen molar-refractivity contribution < 1.29 is 9.53 Å². The summed E-state index contributed by atoms with van der Waals surface area (Å²) in [5.41, 5.74) is 2.56. The maximum atomic E-state index is 12.2. The van der Waals surface area contributed by atoms with Gasteiger partial charge in [0.05, 0.1) is 13.2 Å². The summed E-state index contributed by atoms with van der Waals surface area (Å²) in [7, 11) is 0. The van der Waals surface area contributed by atoms with Crippen LogP contribution in [0.2, 0.25) is 5.02 Å². The van der Waals surface area contributed by atoms with Crippen molar-refractivity contribution in [3.63, 3.8) is 0 Å². The van der Waals surface area contributed by atoms with E-state index in [4.69, 9.17) is 16.3 Å². The maximum absolute atomic E-state index is 12.2. The van der Waals surface area contributed by atoms with Gasteiger partial charge in [-0.1, -0.05) is 56.3 Å². The molecule has 0 bridgehead atoms. The van der Waals surface area contributed by atoms with Crippen molar-refractivity contribution >= 4 is 28.9 Å². The van der Waals surface area contributed by atoms with Crippen LogP contribution in [0.3, 0.4) is 0 Å². The average molecular weight is 389 g/mol. The maximum Gasteiger partial charge on any atom is 0.243 e. The molecule has 0 aliphatic heterocycles. The fourth-order valence-electron chi connectivity index (χ4n) is 2.65. The predicted molar refractivity (Wildman–Crippen MR) is 114 cm³/mol. The first-order chi connectivity index (χ1) is 13.1. The van der Waals surface area contributed by atoms with Gasteiger partial charge < -0.3 is 15.4 Å². The summed E-state index contributed by atoms with van der Waals surface area (Å²) in [6.07, 6.45) is 6.03. The van der Waals surface area contributed by atoms with Crippen LogP contribution in [0, 0.1) is 6.92 Å². The number of hydrogen-bond donors (Lipinski definition) is 2. The average Bonchev–Trinajstić information content (AvgIpc) is 2.66. The number of carbonyl (C=O) groups is 1. The Morgan fingerprint density at radius 2 is 1.85 bits per heavy atom. The van der Waals surface area contributed by atoms with Gasteiger partial charge in [0.25, 0.3) is 0 Å². The lowest BCUT2D eigenvalue weighted by molar-refractivity contribution is -0.114. The van der Waals surface area contributed by atoms with E-state index in [2.05, 4.69) is 17.6 Å². The molecule has 2 aromatic carbocycles. The molecule has 1 amide bonds. The molecule has 0 spiro atoms. The zero-order chi connectivity index (χ0) is 19.5. The molecule has 4 nitrogen and oxygen atoms in total. The van der Waals surface area contributed by atoms with Gasteiger partial charge in [-0.05, 0) is 43.2 Å². The molecule has 2 rings (SSSR count). The Hall–Kier alpha value is -2.20. The van der Waals surface area contributed by atoms with E-state index in [1.807, 2.05) is 49.4 Å². The molecule has 146 valence electrons. The third-order valence-corrected chi connectivity index (χ3v) is 4.67. The number of amides is 1. The van der Waals surface area contributed by atoms with E-state index < -0.39 is 0 Å². The second kappa shape index (κ2) is 11.5. The largest absolute Gasteiger partial charge is 0.494 e. The summed E-state index contributed by atoms with van der Waals surface area (Å²) in [4.78, 5) is 12.2. The first kappa shape index (κ1) is 21.1. The Morgan fingerprint density at radius 1 is 1.04 bits per heavy atom. The van der Waals surface area contributed by atoms with Crippen LogP contribution in [0.1, 0.15) is 44.6 Å². The standard InChI is InChI=1S/C22H29ClN2O2/c1-3-4-5-6-7-13-27-20-10-8-9-19(14-20)25-22(26)16-24-18-12-11-17(2)21(23)15-18/h8-12,14-15,24H,3-7,13,16H2,1-2H3,(H,25,26). The third kappa shape index (κ3) is 7.92. The molecule has 0 fully saturated rings. The highest BCUT2D eigenvalue weighted by Gasteiger charge is 2.05. The molecule has 27 heavy (non-hydrogen) atoms. The zero-order valence-electron chi connectivity index (χ0n) is 16.2. The van der Waals surface area contributed by atoms with Gasteiger partial charge >= 0.3 is 0 Å². The van der Waals surface area contributed by atoms with Crippen molar-refractivity contribution in [2.45, 2.75) is 46.0 Å². The van der Waals surface area contributed by atoms with Crippen molar-refractivity contribution in [3.8, 4) is 5.75 Å². The molecule has 0 saturated carbocycles. The van der Waals surface area contributed by atoms with Crippen molar-refractivity contribution in [2.24, 2.45) is 0 Å². The monoisotopic (exact) mass is 388 g/mol. The van der Waals surface area contributed by atoms with Gasteiger partial charge in [-0.15, -0.1) is 0 Å². The fourth-order valence-corrected chi connectivity index (χ4v) is 2.83. The van der Waals surface area contributed by atoms with Gasteiger partial charge in [0.1, 0.15) is 5.75 Å². The number of ether oxygens (including phenoxy) is 1. The summed E-state index contributed by atoms with van der Waals surface area (Å²) in [6.45, 7) is 5.03. The summed E-state index contributed by atoms with van der Waals surface area (Å²) in [5, 5.41) is 6.64. The normalized spacial score (nSPS) is 10.5. The minimum Gasteiger partial charge on any atom is -0.494 e. The van der Waals surface area contributed by atoms with E-state index in [0.717, 1.165) is 29.1 Å². The number of carbonyl (C=O) groups excluding carboxylic acids is 1. The Morgan fingerprint density at radius 3 is 2.63 bits per heavy atom. The van der Waals surface area contributed by atoms with Crippen LogP contribution in [-0.4, -0.2) is 19.1 Å². The minimum atomic E-state index is -0.122. The van der Waals surface area contributed by atoms with Gasteiger partial charge in [0, 0.05) is 22.5 Å². The topological polar surface area (TPSA) is 50.4 Å². The van der Waals surface area contributed by atoms with Gasteiger partial charge in [-0.3, -0.25) is 4.79 Å². The van der Waals surface area contributed by atoms with Crippen LogP contribution in [0.15, 0.2) is 42.5 Å². The number of unbranched alkanes of at least 4 members (excludes halogenated alkanes) is 4. The van der Waals surface area contributed by atoms with Crippen LogP contribution < -0.4 is 15.4 Å². The SMILES string of the molecule is CCCCCCCOc1cccc(NC(=O)CNc2ccc(C)c(Cl)c2)c1. The number of halogens is 1. The van der Waals surface area contributed by atoms with E-state index in [9.17, 15) is 4.79 Å². The summed E-state index contributed by atoms with van der Waals surface area (Å²) >= 11 is 6.10. The van der Waals surface area contributed by atoms with Gasteiger partial charge in [0.2, 0.25) is 5.91 Å². The van der Waals surface area contributed by atoms with Crippen molar-refractivity contribution in [3.05, 3.63) is 53.1 Å². The van der Waals surface area contributed by atoms with E-state index in [1.54, 1.807) is 0 Å². The highest BCUT2D eigenvalue weighted by Crippen LogP contribution is 2.20. The number of nitrogens with one attached hydrogen (secondary N) is 2. The number of aryl methyl sites for hydroxylation is 1. The Labute approximate surface area is 167 Å². The van der Waals surface area contributed by atoms with Crippen LogP contribution in [-0.2, 0) is 4.79 Å². The summed E-state index contributed by atoms with van der Waals surface area (Å²) in [5.74, 6) is 0.657. The Bertz CT molecular complexity index is 734. The molecule has 5 heteroatoms. The van der Waals surface area contributed by atoms with E-state index >= 15 is 0 Å². The van der Waals surface area contributed by atoms with Gasteiger partial charge in [-0.2, -0.15) is 0 Å². The van der Waals surface area contributed by atoms with Crippen LogP contribution in [0.4, 0.5) is 11.4 Å². The second-order valence-corrected chi connectivity index (χ2v) is 7.06. The Kier molecular flexibility index (Phi) is 8.99. The van der Waals surface area contributed by atoms with Crippen molar-refractivity contribution in [1.82, 2.24) is 0 Å². The summed E-state index contributed by atoms with van der Waals surface area (Å²) in [6, 6.07) is 13.2. The summed E-state index contributed by atoms with van der Waals surface area (Å²) < 4.78 is 5.78. The van der Waals surface area contributed by atoms with Crippen molar-refractivity contribution in [2.75, 3.05) is 23.8 Å². The molecule has 0 aromatic heterocycles. The van der Waals surface area contributed by atoms with Gasteiger partial charge in [-0.25, -0.2) is 0 Å². The lowest BCUT2D eigenvalue weighted by atomic mass is 10.2. The lowest BCUT2D eigenvalue weighted by Crippen LogP contribution is -2.21. The molecule has 2 aromatic rings. The second-order valence-electron chi connectivity index (χ2n) is 6.66. The molecule has 0 aliphatic rings. The lowest BCUT2D eigenvalue weighted by Gasteiger charge is -2.11. The van der Waals surface area contributed by atoms with E-state index in [-0.39, 0.29) is 12.5 Å². The Balaban J connectivity index is 1.75. The third-order valence-electron chi connectivity index (χ3n) is 4.26. The van der Waals surface area contributed by atoms with E-state index in [1.165, 1.54) is 25.7 Å². The quantitative estimate of drug-likeness (QED) is 0.461. The highest BCUT2D eigenvalue weighted by atomic mass is 35.5. The predicted octanol–water partition coefficient (Wildman–Crippen LogP) is 6.05. The number of anilines is 2. The molecule has 0 radical (unpaired) electrons. The first-order valence-corrected chi connectivity index (χ1v) is 9.99. The van der Waals surface area contributed by atoms with Gasteiger partial charge in [0.15, 0.2) is 0 Å². The number of rotatable bonds is 11. The van der Waals surface area contributed by atoms with Crippen molar-refractivity contribution in [1.29, 1.82) is 0 Å². The molecule has 0 atom stereocenters. The van der Waals surface area contributed by atoms with Crippen LogP contribution >= 0.6 is 11.6 Å². The molecule has 0 unspecified atom stereocenters. The molecular formula is C22H29ClN2O2. The fraction of sp³-hybridized carbons (Fsp3) is 0.409. The smallest absolute Gasteiger partial charge is 0.243 e. The minimum absolute atomic E-state index is 0.122. The number of benzene rings is 2. The molecule has 0 aliphatic carbocycles. The molecule has 0 saturated heterocycles. The molecule has 0 heterocycles. The first-order valence-electron chi connectivity index (χ1n) is 9.61.